The van der Waals surface area contributed by atoms with Crippen LogP contribution < -0.4 is 0 Å². The van der Waals surface area contributed by atoms with Crippen molar-refractivity contribution in [1.82, 2.24) is 18.8 Å². The lowest BCUT2D eigenvalue weighted by Gasteiger charge is -2.26. The first-order valence-corrected chi connectivity index (χ1v) is 13.4. The van der Waals surface area contributed by atoms with Gasteiger partial charge in [-0.1, -0.05) is 23.9 Å². The highest BCUT2D eigenvalue weighted by molar-refractivity contribution is 8.00. The molecular weight excluding hydrogens is 452 g/mol. The number of fused-ring (bicyclic) bond motifs is 2. The summed E-state index contributed by atoms with van der Waals surface area (Å²) in [6, 6.07) is 13.4. The molecule has 0 amide bonds. The molecule has 0 unspecified atom stereocenters. The Hall–Kier alpha value is -1.98. The number of aryl methyl sites for hydroxylation is 1. The van der Waals surface area contributed by atoms with Gasteiger partial charge in [0.25, 0.3) is 0 Å². The number of benzene rings is 2. The van der Waals surface area contributed by atoms with E-state index in [1.807, 2.05) is 24.3 Å². The van der Waals surface area contributed by atoms with E-state index >= 15 is 0 Å². The van der Waals surface area contributed by atoms with E-state index in [-0.39, 0.29) is 4.90 Å². The molecule has 2 aromatic heterocycles. The van der Waals surface area contributed by atoms with Gasteiger partial charge in [-0.2, -0.15) is 4.31 Å². The van der Waals surface area contributed by atoms with Gasteiger partial charge in [-0.25, -0.2) is 18.4 Å². The fourth-order valence-electron chi connectivity index (χ4n) is 3.76. The third kappa shape index (κ3) is 3.98. The average molecular weight is 475 g/mol. The van der Waals surface area contributed by atoms with E-state index in [0.717, 1.165) is 27.7 Å². The molecule has 1 aliphatic heterocycles. The first-order chi connectivity index (χ1) is 15.1. The summed E-state index contributed by atoms with van der Waals surface area (Å²) in [6.45, 7) is 4.47. The monoisotopic (exact) mass is 474 g/mol. The average Bonchev–Trinajstić information content (AvgIpc) is 3.38. The second-order valence-corrected chi connectivity index (χ2v) is 11.4. The van der Waals surface area contributed by atoms with Crippen molar-refractivity contribution >= 4 is 54.4 Å². The van der Waals surface area contributed by atoms with E-state index in [9.17, 15) is 8.42 Å². The minimum absolute atomic E-state index is 0.285. The Morgan fingerprint density at radius 3 is 2.68 bits per heavy atom. The summed E-state index contributed by atoms with van der Waals surface area (Å²) >= 11 is 3.34. The van der Waals surface area contributed by atoms with Crippen molar-refractivity contribution in [2.45, 2.75) is 28.5 Å². The molecule has 1 saturated heterocycles. The number of imidazole rings is 1. The van der Waals surface area contributed by atoms with E-state index in [1.54, 1.807) is 35.2 Å². The minimum atomic E-state index is -3.54. The number of hydrogen-bond acceptors (Lipinski definition) is 7. The highest BCUT2D eigenvalue weighted by atomic mass is 32.2. The molecule has 0 N–H and O–H groups in total. The molecule has 1 fully saturated rings. The van der Waals surface area contributed by atoms with Crippen molar-refractivity contribution in [2.75, 3.05) is 26.3 Å². The highest BCUT2D eigenvalue weighted by Crippen LogP contribution is 2.32. The van der Waals surface area contributed by atoms with Crippen LogP contribution in [0, 0.1) is 0 Å². The maximum Gasteiger partial charge on any atom is 0.243 e. The summed E-state index contributed by atoms with van der Waals surface area (Å²) in [4.78, 5) is 9.75. The van der Waals surface area contributed by atoms with Crippen LogP contribution in [0.1, 0.15) is 12.7 Å². The number of ether oxygens (including phenoxy) is 1. The third-order valence-corrected chi connectivity index (χ3v) is 9.39. The van der Waals surface area contributed by atoms with Crippen molar-refractivity contribution < 1.29 is 13.2 Å². The number of nitrogens with zero attached hydrogens (tertiary/aromatic N) is 4. The van der Waals surface area contributed by atoms with Gasteiger partial charge in [-0.15, -0.1) is 11.3 Å². The third-order valence-electron chi connectivity index (χ3n) is 5.32. The van der Waals surface area contributed by atoms with E-state index in [4.69, 9.17) is 9.72 Å². The molecular formula is C21H22N4O3S3. The number of hydrogen-bond donors (Lipinski definition) is 0. The molecule has 10 heteroatoms. The van der Waals surface area contributed by atoms with Crippen LogP contribution >= 0.6 is 23.1 Å². The van der Waals surface area contributed by atoms with Gasteiger partial charge in [0.05, 0.1) is 45.1 Å². The van der Waals surface area contributed by atoms with Gasteiger partial charge in [0, 0.05) is 19.6 Å². The van der Waals surface area contributed by atoms with E-state index < -0.39 is 10.0 Å². The Balaban J connectivity index is 1.43. The molecule has 0 radical (unpaired) electrons. The van der Waals surface area contributed by atoms with E-state index in [2.05, 4.69) is 22.5 Å². The molecule has 0 atom stereocenters. The van der Waals surface area contributed by atoms with Gasteiger partial charge in [0.1, 0.15) is 5.82 Å². The highest BCUT2D eigenvalue weighted by Gasteiger charge is 2.27. The van der Waals surface area contributed by atoms with Crippen LogP contribution in [-0.4, -0.2) is 53.6 Å². The number of aromatic nitrogens is 3. The Morgan fingerprint density at radius 1 is 1.10 bits per heavy atom. The lowest BCUT2D eigenvalue weighted by Crippen LogP contribution is -2.40. The smallest absolute Gasteiger partial charge is 0.243 e. The molecule has 0 spiro atoms. The van der Waals surface area contributed by atoms with Crippen LogP contribution in [-0.2, 0) is 27.1 Å². The second kappa shape index (κ2) is 8.51. The van der Waals surface area contributed by atoms with Crippen LogP contribution in [0.15, 0.2) is 51.7 Å². The van der Waals surface area contributed by atoms with Crippen molar-refractivity contribution in [3.8, 4) is 0 Å². The number of morpholine rings is 1. The first kappa shape index (κ1) is 20.9. The normalized spacial score (nSPS) is 15.8. The number of sulfonamides is 1. The molecule has 1 aliphatic rings. The SMILES string of the molecule is CCn1c(CSc2nc3ccccc3s2)nc2cc(S(=O)(=O)N3CCOCC3)ccc21. The summed E-state index contributed by atoms with van der Waals surface area (Å²) < 4.78 is 37.1. The van der Waals surface area contributed by atoms with Crippen LogP contribution in [0.5, 0.6) is 0 Å². The number of rotatable bonds is 6. The quantitative estimate of drug-likeness (QED) is 0.394. The van der Waals surface area contributed by atoms with E-state index in [0.29, 0.717) is 37.6 Å². The zero-order valence-electron chi connectivity index (χ0n) is 17.0. The summed E-state index contributed by atoms with van der Waals surface area (Å²) in [5, 5.41) is 0. The zero-order valence-corrected chi connectivity index (χ0v) is 19.5. The summed E-state index contributed by atoms with van der Waals surface area (Å²) in [7, 11) is -3.54. The molecule has 7 nitrogen and oxygen atoms in total. The van der Waals surface area contributed by atoms with Gasteiger partial charge >= 0.3 is 0 Å². The van der Waals surface area contributed by atoms with Gasteiger partial charge < -0.3 is 9.30 Å². The molecule has 0 saturated carbocycles. The molecule has 162 valence electrons. The molecule has 0 aliphatic carbocycles. The number of thiazole rings is 1. The van der Waals surface area contributed by atoms with Gasteiger partial charge in [-0.05, 0) is 37.3 Å². The van der Waals surface area contributed by atoms with Crippen molar-refractivity contribution in [1.29, 1.82) is 0 Å². The Bertz CT molecular complexity index is 1310. The van der Waals surface area contributed by atoms with Crippen LogP contribution in [0.3, 0.4) is 0 Å². The van der Waals surface area contributed by atoms with Crippen LogP contribution in [0.4, 0.5) is 0 Å². The predicted octanol–water partition coefficient (Wildman–Crippen LogP) is 3.98. The van der Waals surface area contributed by atoms with Crippen LogP contribution in [0.25, 0.3) is 21.3 Å². The Kier molecular flexibility index (Phi) is 5.74. The van der Waals surface area contributed by atoms with Gasteiger partial charge in [0.15, 0.2) is 4.34 Å². The van der Waals surface area contributed by atoms with Crippen molar-refractivity contribution in [3.05, 3.63) is 48.3 Å². The summed E-state index contributed by atoms with van der Waals surface area (Å²) in [6.07, 6.45) is 0. The maximum atomic E-state index is 13.0. The molecule has 31 heavy (non-hydrogen) atoms. The fourth-order valence-corrected chi connectivity index (χ4v) is 7.20. The van der Waals surface area contributed by atoms with Crippen LogP contribution in [0.2, 0.25) is 0 Å². The van der Waals surface area contributed by atoms with Gasteiger partial charge in [-0.3, -0.25) is 0 Å². The summed E-state index contributed by atoms with van der Waals surface area (Å²) in [5.74, 6) is 1.59. The molecule has 5 rings (SSSR count). The predicted molar refractivity (Wildman–Crippen MR) is 124 cm³/mol. The molecule has 4 aromatic rings. The second-order valence-electron chi connectivity index (χ2n) is 7.18. The zero-order chi connectivity index (χ0) is 21.4. The lowest BCUT2D eigenvalue weighted by molar-refractivity contribution is 0.0730. The minimum Gasteiger partial charge on any atom is -0.379 e. The number of para-hydroxylation sites is 1. The van der Waals surface area contributed by atoms with Crippen molar-refractivity contribution in [2.24, 2.45) is 0 Å². The molecule has 0 bridgehead atoms. The largest absolute Gasteiger partial charge is 0.379 e. The van der Waals surface area contributed by atoms with Crippen molar-refractivity contribution in [3.63, 3.8) is 0 Å². The summed E-state index contributed by atoms with van der Waals surface area (Å²) in [5.41, 5.74) is 2.66. The Morgan fingerprint density at radius 2 is 1.90 bits per heavy atom. The topological polar surface area (TPSA) is 77.3 Å². The van der Waals surface area contributed by atoms with Gasteiger partial charge in [0.2, 0.25) is 10.0 Å². The maximum absolute atomic E-state index is 13.0. The lowest BCUT2D eigenvalue weighted by atomic mass is 10.3. The Labute approximate surface area is 189 Å². The standard InChI is InChI=1S/C21H22N4O3S3/c1-2-25-18-8-7-15(31(26,27)24-9-11-28-12-10-24)13-17(18)22-20(25)14-29-21-23-16-5-3-4-6-19(16)30-21/h3-8,13H,2,9-12,14H2,1H3. The fraction of sp³-hybridized carbons (Fsp3) is 0.333. The molecule has 3 heterocycles. The number of thioether (sulfide) groups is 1. The molecule has 2 aromatic carbocycles. The first-order valence-electron chi connectivity index (χ1n) is 10.1. The van der Waals surface area contributed by atoms with E-state index in [1.165, 1.54) is 9.01 Å².